The van der Waals surface area contributed by atoms with Crippen molar-refractivity contribution in [1.29, 1.82) is 0 Å². The van der Waals surface area contributed by atoms with Crippen molar-refractivity contribution in [3.8, 4) is 0 Å². The zero-order valence-corrected chi connectivity index (χ0v) is 9.42. The highest BCUT2D eigenvalue weighted by Crippen LogP contribution is 2.13. The monoisotopic (exact) mass is 221 g/mol. The Morgan fingerprint density at radius 3 is 2.27 bits per heavy atom. The largest absolute Gasteiger partial charge is 0.378 e. The van der Waals surface area contributed by atoms with Gasteiger partial charge in [-0.05, 0) is 46.7 Å². The molecule has 1 atom stereocenters. The van der Waals surface area contributed by atoms with Gasteiger partial charge in [-0.15, -0.1) is 0 Å². The summed E-state index contributed by atoms with van der Waals surface area (Å²) in [6.07, 6.45) is 4.25. The van der Waals surface area contributed by atoms with Crippen molar-refractivity contribution in [1.82, 2.24) is 5.32 Å². The van der Waals surface area contributed by atoms with Gasteiger partial charge in [0.05, 0.1) is 6.10 Å². The summed E-state index contributed by atoms with van der Waals surface area (Å²) in [5.74, 6) is -1.50. The molecule has 1 fully saturated rings. The lowest BCUT2D eigenvalue weighted by Crippen LogP contribution is -2.15. The second-order valence-corrected chi connectivity index (χ2v) is 4.02. The Morgan fingerprint density at radius 1 is 1.40 bits per heavy atom. The van der Waals surface area contributed by atoms with Crippen LogP contribution >= 0.6 is 0 Å². The third-order valence-corrected chi connectivity index (χ3v) is 1.74. The Hall–Kier alpha value is -0.160. The van der Waals surface area contributed by atoms with Gasteiger partial charge in [-0.1, -0.05) is 7.43 Å². The van der Waals surface area contributed by atoms with Crippen molar-refractivity contribution < 1.29 is 14.9 Å². The summed E-state index contributed by atoms with van der Waals surface area (Å²) >= 11 is 0. The van der Waals surface area contributed by atoms with Gasteiger partial charge < -0.3 is 20.3 Å². The van der Waals surface area contributed by atoms with Gasteiger partial charge in [0.25, 0.3) is 0 Å². The predicted molar refractivity (Wildman–Crippen MR) is 62.8 cm³/mol. The average molecular weight is 221 g/mol. The maximum Gasteiger partial charge on any atom is 0.156 e. The van der Waals surface area contributed by atoms with Crippen molar-refractivity contribution in [3.63, 3.8) is 0 Å². The maximum absolute atomic E-state index is 8.08. The van der Waals surface area contributed by atoms with E-state index in [0.717, 1.165) is 13.2 Å². The first-order valence-corrected chi connectivity index (χ1v) is 5.14. The lowest BCUT2D eigenvalue weighted by atomic mass is 10.2. The highest BCUT2D eigenvalue weighted by Gasteiger charge is 2.13. The van der Waals surface area contributed by atoms with E-state index in [-0.39, 0.29) is 7.43 Å². The van der Waals surface area contributed by atoms with E-state index >= 15 is 0 Å². The minimum absolute atomic E-state index is 0. The van der Waals surface area contributed by atoms with Gasteiger partial charge >= 0.3 is 0 Å². The molecular weight excluding hydrogens is 194 g/mol. The van der Waals surface area contributed by atoms with Gasteiger partial charge in [0.2, 0.25) is 0 Å². The lowest BCUT2D eigenvalue weighted by Gasteiger charge is -2.06. The van der Waals surface area contributed by atoms with E-state index in [4.69, 9.17) is 14.9 Å². The zero-order valence-electron chi connectivity index (χ0n) is 9.42. The fourth-order valence-electron chi connectivity index (χ4n) is 1.18. The van der Waals surface area contributed by atoms with Crippen LogP contribution in [0.15, 0.2) is 0 Å². The van der Waals surface area contributed by atoms with Crippen molar-refractivity contribution in [2.24, 2.45) is 0 Å². The van der Waals surface area contributed by atoms with Crippen LogP contribution in [0.5, 0.6) is 0 Å². The van der Waals surface area contributed by atoms with E-state index in [1.54, 1.807) is 0 Å². The van der Waals surface area contributed by atoms with Crippen LogP contribution in [-0.2, 0) is 4.74 Å². The van der Waals surface area contributed by atoms with Crippen LogP contribution in [0, 0.1) is 0 Å². The smallest absolute Gasteiger partial charge is 0.156 e. The van der Waals surface area contributed by atoms with Gasteiger partial charge in [0, 0.05) is 6.61 Å². The lowest BCUT2D eigenvalue weighted by molar-refractivity contribution is -0.127. The number of hydrogen-bond acceptors (Lipinski definition) is 4. The fourth-order valence-corrected chi connectivity index (χ4v) is 1.18. The standard InChI is InChI=1S/C7H15NO.C3H8O2.CH4/c1-8-5-4-7-3-2-6-9-7;1-3(2,4)5;/h7-8H,2-6H2,1H3;4-5H,1-2H3;1H4. The number of rotatable bonds is 3. The summed E-state index contributed by atoms with van der Waals surface area (Å²) in [7, 11) is 1.98. The van der Waals surface area contributed by atoms with Crippen LogP contribution in [0.3, 0.4) is 0 Å². The van der Waals surface area contributed by atoms with Crippen molar-refractivity contribution >= 4 is 0 Å². The minimum Gasteiger partial charge on any atom is -0.378 e. The van der Waals surface area contributed by atoms with Crippen LogP contribution in [0.2, 0.25) is 0 Å². The third kappa shape index (κ3) is 16.5. The highest BCUT2D eigenvalue weighted by molar-refractivity contribution is 4.64. The van der Waals surface area contributed by atoms with Crippen LogP contribution in [0.1, 0.15) is 40.5 Å². The minimum atomic E-state index is -1.50. The first-order valence-electron chi connectivity index (χ1n) is 5.14. The topological polar surface area (TPSA) is 61.7 Å². The van der Waals surface area contributed by atoms with Crippen LogP contribution in [0.4, 0.5) is 0 Å². The average Bonchev–Trinajstić information content (AvgIpc) is 2.49. The first-order chi connectivity index (χ1) is 6.43. The molecule has 0 aromatic carbocycles. The summed E-state index contributed by atoms with van der Waals surface area (Å²) in [4.78, 5) is 0. The zero-order chi connectivity index (χ0) is 11.0. The molecule has 0 radical (unpaired) electrons. The molecule has 4 heteroatoms. The molecule has 0 bridgehead atoms. The quantitative estimate of drug-likeness (QED) is 0.625. The summed E-state index contributed by atoms with van der Waals surface area (Å²) in [6.45, 7) is 4.67. The van der Waals surface area contributed by atoms with Gasteiger partial charge in [0.15, 0.2) is 5.79 Å². The van der Waals surface area contributed by atoms with E-state index in [0.29, 0.717) is 6.10 Å². The van der Waals surface area contributed by atoms with Gasteiger partial charge in [-0.3, -0.25) is 0 Å². The molecule has 15 heavy (non-hydrogen) atoms. The van der Waals surface area contributed by atoms with Crippen molar-refractivity contribution in [2.45, 2.75) is 52.4 Å². The predicted octanol–water partition coefficient (Wildman–Crippen LogP) is 1.12. The Labute approximate surface area is 93.6 Å². The van der Waals surface area contributed by atoms with Crippen LogP contribution in [0.25, 0.3) is 0 Å². The summed E-state index contributed by atoms with van der Waals surface area (Å²) in [5.41, 5.74) is 0. The normalized spacial score (nSPS) is 20.2. The highest BCUT2D eigenvalue weighted by atomic mass is 16.5. The molecule has 0 spiro atoms. The molecule has 94 valence electrons. The molecule has 0 aliphatic carbocycles. The molecular formula is C11H27NO3. The summed E-state index contributed by atoms with van der Waals surface area (Å²) < 4.78 is 5.42. The summed E-state index contributed by atoms with van der Waals surface area (Å²) in [6, 6.07) is 0. The Balaban J connectivity index is 0. The van der Waals surface area contributed by atoms with Crippen molar-refractivity contribution in [2.75, 3.05) is 20.2 Å². The van der Waals surface area contributed by atoms with E-state index < -0.39 is 5.79 Å². The number of aliphatic hydroxyl groups is 2. The first kappa shape index (κ1) is 17.2. The molecule has 0 amide bonds. The molecule has 0 aromatic rings. The molecule has 0 saturated carbocycles. The number of nitrogens with one attached hydrogen (secondary N) is 1. The van der Waals surface area contributed by atoms with Gasteiger partial charge in [0.1, 0.15) is 0 Å². The second kappa shape index (κ2) is 9.09. The molecule has 1 saturated heterocycles. The van der Waals surface area contributed by atoms with E-state index in [9.17, 15) is 0 Å². The molecule has 4 nitrogen and oxygen atoms in total. The van der Waals surface area contributed by atoms with Crippen LogP contribution in [-0.4, -0.2) is 42.3 Å². The van der Waals surface area contributed by atoms with E-state index in [1.165, 1.54) is 33.1 Å². The third-order valence-electron chi connectivity index (χ3n) is 1.74. The second-order valence-electron chi connectivity index (χ2n) is 4.02. The molecule has 3 N–H and O–H groups in total. The molecule has 1 rings (SSSR count). The Bertz CT molecular complexity index is 122. The molecule has 1 heterocycles. The maximum atomic E-state index is 8.08. The summed E-state index contributed by atoms with van der Waals surface area (Å²) in [5, 5.41) is 19.3. The fraction of sp³-hybridized carbons (Fsp3) is 1.00. The number of ether oxygens (including phenoxy) is 1. The van der Waals surface area contributed by atoms with E-state index in [1.807, 2.05) is 7.05 Å². The van der Waals surface area contributed by atoms with Crippen molar-refractivity contribution in [3.05, 3.63) is 0 Å². The Kier molecular flexibility index (Phi) is 10.5. The van der Waals surface area contributed by atoms with E-state index in [2.05, 4.69) is 5.32 Å². The SMILES string of the molecule is C.CC(C)(O)O.CNCCC1CCCO1. The van der Waals surface area contributed by atoms with Gasteiger partial charge in [-0.25, -0.2) is 0 Å². The van der Waals surface area contributed by atoms with Crippen LogP contribution < -0.4 is 5.32 Å². The Morgan fingerprint density at radius 2 is 1.93 bits per heavy atom. The number of hydrogen-bond donors (Lipinski definition) is 3. The molecule has 1 unspecified atom stereocenters. The molecule has 1 aliphatic heterocycles. The van der Waals surface area contributed by atoms with Gasteiger partial charge in [-0.2, -0.15) is 0 Å². The molecule has 0 aromatic heterocycles. The molecule has 1 aliphatic rings.